The number of aromatic nitrogens is 2. The molecular formula is C22H20BClF2N4O3. The van der Waals surface area contributed by atoms with Gasteiger partial charge in [-0.3, -0.25) is 9.98 Å². The number of fused-ring (bicyclic) bond motifs is 1. The molecule has 1 aliphatic heterocycles. The van der Waals surface area contributed by atoms with E-state index in [9.17, 15) is 18.8 Å². The number of halogens is 3. The van der Waals surface area contributed by atoms with Crippen molar-refractivity contribution in [1.29, 1.82) is 0 Å². The van der Waals surface area contributed by atoms with Gasteiger partial charge in [0.25, 0.3) is 0 Å². The lowest BCUT2D eigenvalue weighted by atomic mass is 9.81. The first-order valence-corrected chi connectivity index (χ1v) is 10.6. The van der Waals surface area contributed by atoms with Crippen LogP contribution in [0.15, 0.2) is 41.5 Å². The van der Waals surface area contributed by atoms with E-state index in [0.717, 1.165) is 25.3 Å². The molecule has 0 saturated carbocycles. The number of rotatable bonds is 5. The maximum atomic E-state index is 14.6. The number of pyridine rings is 2. The molecule has 0 radical (unpaired) electrons. The van der Waals surface area contributed by atoms with E-state index in [-0.39, 0.29) is 33.5 Å². The minimum absolute atomic E-state index is 0.0490. The van der Waals surface area contributed by atoms with Crippen LogP contribution in [0.1, 0.15) is 30.5 Å². The largest absolute Gasteiger partial charge is 0.490 e. The molecule has 0 aliphatic carbocycles. The molecule has 1 unspecified atom stereocenters. The van der Waals surface area contributed by atoms with Gasteiger partial charge < -0.3 is 20.5 Å². The molecule has 1 atom stereocenters. The van der Waals surface area contributed by atoms with Crippen LogP contribution in [-0.4, -0.2) is 46.2 Å². The Hall–Kier alpha value is -2.92. The van der Waals surface area contributed by atoms with Gasteiger partial charge in [-0.15, -0.1) is 0 Å². The average Bonchev–Trinajstić information content (AvgIpc) is 2.81. The highest BCUT2D eigenvalue weighted by Gasteiger charge is 2.18. The Kier molecular flexibility index (Phi) is 6.99. The molecule has 33 heavy (non-hydrogen) atoms. The molecule has 3 aromatic rings. The second-order valence-corrected chi connectivity index (χ2v) is 7.96. The van der Waals surface area contributed by atoms with Crippen LogP contribution in [-0.2, 0) is 4.74 Å². The predicted octanol–water partition coefficient (Wildman–Crippen LogP) is 2.67. The van der Waals surface area contributed by atoms with Crippen LogP contribution < -0.4 is 11.2 Å². The van der Waals surface area contributed by atoms with Gasteiger partial charge >= 0.3 is 7.12 Å². The van der Waals surface area contributed by atoms with E-state index >= 15 is 0 Å². The Morgan fingerprint density at radius 1 is 1.18 bits per heavy atom. The molecule has 0 bridgehead atoms. The first-order chi connectivity index (χ1) is 15.8. The lowest BCUT2D eigenvalue weighted by molar-refractivity contribution is 0.0227. The first kappa shape index (κ1) is 23.3. The van der Waals surface area contributed by atoms with Gasteiger partial charge in [-0.2, -0.15) is 0 Å². The van der Waals surface area contributed by atoms with Gasteiger partial charge in [-0.1, -0.05) is 11.6 Å². The number of nitrogens with two attached hydrogens (primary N) is 1. The normalized spacial score (nSPS) is 17.4. The van der Waals surface area contributed by atoms with Gasteiger partial charge in [0.2, 0.25) is 0 Å². The fraction of sp³-hybridized carbons (Fsp3) is 0.227. The number of aliphatic imine (C=N–C) groups is 1. The van der Waals surface area contributed by atoms with Gasteiger partial charge in [-0.25, -0.2) is 13.8 Å². The third-order valence-corrected chi connectivity index (χ3v) is 5.54. The van der Waals surface area contributed by atoms with Crippen molar-refractivity contribution in [2.24, 2.45) is 10.7 Å². The van der Waals surface area contributed by atoms with Crippen LogP contribution in [0.3, 0.4) is 0 Å². The first-order valence-electron chi connectivity index (χ1n) is 10.3. The van der Waals surface area contributed by atoms with E-state index in [1.54, 1.807) is 12.1 Å². The maximum absolute atomic E-state index is 14.6. The quantitative estimate of drug-likeness (QED) is 0.299. The van der Waals surface area contributed by atoms with Crippen molar-refractivity contribution in [3.8, 4) is 0 Å². The highest BCUT2D eigenvalue weighted by molar-refractivity contribution is 6.58. The predicted molar refractivity (Wildman–Crippen MR) is 124 cm³/mol. The zero-order chi connectivity index (χ0) is 23.5. The van der Waals surface area contributed by atoms with E-state index in [4.69, 9.17) is 22.1 Å². The standard InChI is InChI=1S/C22H20BClF2N4O3/c24-15-8-13(16(25)9-17(15)26)22(27)14(11-29-21-3-1-2-6-33-21)18-4-5-19-20(30-18)7-12(10-28-19)23(31)32/h4-5,7-11,21,31-32H,1-3,6,27H2. The molecule has 4 rings (SSSR count). The summed E-state index contributed by atoms with van der Waals surface area (Å²) in [5, 5.41) is 18.6. The Labute approximate surface area is 193 Å². The van der Waals surface area contributed by atoms with E-state index < -0.39 is 18.8 Å². The second-order valence-electron chi connectivity index (χ2n) is 7.55. The van der Waals surface area contributed by atoms with Gasteiger partial charge in [0.05, 0.1) is 27.4 Å². The Bertz CT molecular complexity index is 1250. The smallest absolute Gasteiger partial charge is 0.423 e. The summed E-state index contributed by atoms with van der Waals surface area (Å²) in [6, 6.07) is 6.54. The molecule has 3 heterocycles. The minimum atomic E-state index is -1.71. The molecule has 1 fully saturated rings. The Balaban J connectivity index is 1.86. The van der Waals surface area contributed by atoms with Crippen LogP contribution in [0.5, 0.6) is 0 Å². The zero-order valence-corrected chi connectivity index (χ0v) is 18.1. The van der Waals surface area contributed by atoms with Crippen molar-refractivity contribution < 1.29 is 23.6 Å². The molecule has 1 aliphatic rings. The molecule has 0 spiro atoms. The molecule has 0 amide bonds. The van der Waals surface area contributed by atoms with Crippen molar-refractivity contribution in [2.45, 2.75) is 25.5 Å². The second kappa shape index (κ2) is 9.92. The van der Waals surface area contributed by atoms with Crippen LogP contribution in [0.2, 0.25) is 5.02 Å². The minimum Gasteiger partial charge on any atom is -0.423 e. The van der Waals surface area contributed by atoms with Crippen molar-refractivity contribution in [2.75, 3.05) is 6.61 Å². The van der Waals surface area contributed by atoms with Crippen molar-refractivity contribution in [1.82, 2.24) is 9.97 Å². The van der Waals surface area contributed by atoms with E-state index in [2.05, 4.69) is 15.0 Å². The van der Waals surface area contributed by atoms with E-state index in [1.165, 1.54) is 18.5 Å². The van der Waals surface area contributed by atoms with E-state index in [0.29, 0.717) is 29.4 Å². The maximum Gasteiger partial charge on any atom is 0.490 e. The molecule has 11 heteroatoms. The third kappa shape index (κ3) is 5.20. The summed E-state index contributed by atoms with van der Waals surface area (Å²) in [4.78, 5) is 13.1. The summed E-state index contributed by atoms with van der Waals surface area (Å²) < 4.78 is 33.9. The fourth-order valence-electron chi connectivity index (χ4n) is 3.46. The lowest BCUT2D eigenvalue weighted by Gasteiger charge is -2.19. The monoisotopic (exact) mass is 472 g/mol. The SMILES string of the molecule is NC(=C(C=NC1CCCCO1)c1ccc2ncc(B(O)O)cc2n1)c1cc(Cl)c(F)cc1F. The Morgan fingerprint density at radius 2 is 2.00 bits per heavy atom. The third-order valence-electron chi connectivity index (χ3n) is 5.25. The highest BCUT2D eigenvalue weighted by Crippen LogP contribution is 2.28. The van der Waals surface area contributed by atoms with Crippen molar-refractivity contribution >= 4 is 52.7 Å². The molecule has 1 aromatic carbocycles. The number of nitrogens with zero attached hydrogens (tertiary/aromatic N) is 3. The topological polar surface area (TPSA) is 114 Å². The summed E-state index contributed by atoms with van der Waals surface area (Å²) in [5.74, 6) is -1.79. The zero-order valence-electron chi connectivity index (χ0n) is 17.4. The van der Waals surface area contributed by atoms with Crippen LogP contribution in [0.25, 0.3) is 22.3 Å². The number of benzene rings is 1. The lowest BCUT2D eigenvalue weighted by Crippen LogP contribution is -2.30. The van der Waals surface area contributed by atoms with Gasteiger partial charge in [-0.05, 0) is 43.5 Å². The number of ether oxygens (including phenoxy) is 1. The fourth-order valence-corrected chi connectivity index (χ4v) is 3.62. The van der Waals surface area contributed by atoms with E-state index in [1.807, 2.05) is 0 Å². The summed E-state index contributed by atoms with van der Waals surface area (Å²) in [7, 11) is -1.71. The molecule has 4 N–H and O–H groups in total. The summed E-state index contributed by atoms with van der Waals surface area (Å²) >= 11 is 5.86. The average molecular weight is 473 g/mol. The number of hydrogen-bond acceptors (Lipinski definition) is 7. The van der Waals surface area contributed by atoms with Crippen LogP contribution in [0.4, 0.5) is 8.78 Å². The van der Waals surface area contributed by atoms with Gasteiger partial charge in [0.1, 0.15) is 17.9 Å². The molecule has 2 aromatic heterocycles. The number of hydrogen-bond donors (Lipinski definition) is 3. The highest BCUT2D eigenvalue weighted by atomic mass is 35.5. The van der Waals surface area contributed by atoms with Gasteiger partial charge in [0.15, 0.2) is 0 Å². The van der Waals surface area contributed by atoms with Crippen LogP contribution >= 0.6 is 11.6 Å². The van der Waals surface area contributed by atoms with Crippen molar-refractivity contribution in [3.05, 3.63) is 64.4 Å². The van der Waals surface area contributed by atoms with Gasteiger partial charge in [0, 0.05) is 41.7 Å². The van der Waals surface area contributed by atoms with Crippen LogP contribution in [0, 0.1) is 11.6 Å². The summed E-state index contributed by atoms with van der Waals surface area (Å²) in [6.45, 7) is 0.588. The Morgan fingerprint density at radius 3 is 2.73 bits per heavy atom. The number of allylic oxidation sites excluding steroid dienone is 1. The molecular weight excluding hydrogens is 453 g/mol. The molecule has 7 nitrogen and oxygen atoms in total. The summed E-state index contributed by atoms with van der Waals surface area (Å²) in [5.41, 5.74) is 7.78. The summed E-state index contributed by atoms with van der Waals surface area (Å²) in [6.07, 6.45) is 5.06. The molecule has 1 saturated heterocycles. The molecule has 170 valence electrons. The van der Waals surface area contributed by atoms with Crippen molar-refractivity contribution in [3.63, 3.8) is 0 Å².